The maximum absolute atomic E-state index is 13.3. The van der Waals surface area contributed by atoms with Gasteiger partial charge < -0.3 is 15.8 Å². The number of ether oxygens (including phenoxy) is 1. The van der Waals surface area contributed by atoms with Crippen molar-refractivity contribution < 1.29 is 22.7 Å². The number of carbonyl (C=O) groups is 2. The molecule has 0 aromatic heterocycles. The molecule has 3 rings (SSSR count). The number of para-hydroxylation sites is 1. The average Bonchev–Trinajstić information content (AvgIpc) is 2.79. The van der Waals surface area contributed by atoms with Crippen LogP contribution in [0, 0.1) is 0 Å². The van der Waals surface area contributed by atoms with E-state index in [2.05, 4.69) is 5.32 Å². The summed E-state index contributed by atoms with van der Waals surface area (Å²) in [5.74, 6) is -0.783. The highest BCUT2D eigenvalue weighted by atomic mass is 35.5. The van der Waals surface area contributed by atoms with Crippen LogP contribution in [0.2, 0.25) is 5.02 Å². The Morgan fingerprint density at radius 1 is 1.03 bits per heavy atom. The first-order valence-corrected chi connectivity index (χ1v) is 11.7. The molecule has 0 aliphatic heterocycles. The molecule has 0 fully saturated rings. The molecule has 0 aliphatic carbocycles. The van der Waals surface area contributed by atoms with Crippen molar-refractivity contribution in [2.75, 3.05) is 22.8 Å². The number of anilines is 2. The number of hydrogen-bond donors (Lipinski definition) is 2. The molecule has 3 aromatic carbocycles. The van der Waals surface area contributed by atoms with E-state index in [1.807, 2.05) is 0 Å². The summed E-state index contributed by atoms with van der Waals surface area (Å²) in [6, 6.07) is 18.9. The lowest BCUT2D eigenvalue weighted by Gasteiger charge is -2.23. The van der Waals surface area contributed by atoms with Gasteiger partial charge in [-0.15, -0.1) is 0 Å². The van der Waals surface area contributed by atoms with Crippen LogP contribution in [-0.2, 0) is 14.8 Å². The minimum absolute atomic E-state index is 0.0101. The summed E-state index contributed by atoms with van der Waals surface area (Å²) < 4.78 is 32.9. The molecular formula is C23H22ClN3O5S. The Morgan fingerprint density at radius 3 is 2.30 bits per heavy atom. The maximum atomic E-state index is 13.3. The largest absolute Gasteiger partial charge is 0.484 e. The summed E-state index contributed by atoms with van der Waals surface area (Å²) in [6.07, 6.45) is 0. The van der Waals surface area contributed by atoms with E-state index in [-0.39, 0.29) is 28.6 Å². The lowest BCUT2D eigenvalue weighted by molar-refractivity contribution is -0.119. The Hall–Kier alpha value is -3.56. The van der Waals surface area contributed by atoms with Crippen LogP contribution in [0.15, 0.2) is 77.7 Å². The third kappa shape index (κ3) is 5.82. The van der Waals surface area contributed by atoms with Crippen LogP contribution in [0.5, 0.6) is 5.75 Å². The zero-order valence-corrected chi connectivity index (χ0v) is 19.3. The number of benzene rings is 3. The Morgan fingerprint density at radius 2 is 1.70 bits per heavy atom. The van der Waals surface area contributed by atoms with E-state index in [9.17, 15) is 18.0 Å². The summed E-state index contributed by atoms with van der Waals surface area (Å²) in [5, 5.41) is 2.77. The van der Waals surface area contributed by atoms with E-state index in [4.69, 9.17) is 22.1 Å². The second kappa shape index (κ2) is 10.4. The van der Waals surface area contributed by atoms with E-state index in [0.717, 1.165) is 0 Å². The SMILES string of the molecule is CCN(c1ccccc1)S(=O)(=O)c1ccc(Cl)c(C(=O)Nc2ccc(OCC(N)=O)cc2)c1. The smallest absolute Gasteiger partial charge is 0.264 e. The molecule has 0 aliphatic rings. The fraction of sp³-hybridized carbons (Fsp3) is 0.130. The molecule has 0 heterocycles. The van der Waals surface area contributed by atoms with Gasteiger partial charge in [0.25, 0.3) is 21.8 Å². The summed E-state index contributed by atoms with van der Waals surface area (Å²) >= 11 is 6.20. The lowest BCUT2D eigenvalue weighted by Crippen LogP contribution is -2.31. The minimum atomic E-state index is -3.93. The number of rotatable bonds is 9. The average molecular weight is 488 g/mol. The number of halogens is 1. The number of nitrogens with zero attached hydrogens (tertiary/aromatic N) is 1. The molecule has 0 saturated carbocycles. The fourth-order valence-corrected chi connectivity index (χ4v) is 4.74. The number of nitrogens with one attached hydrogen (secondary N) is 1. The van der Waals surface area contributed by atoms with Crippen LogP contribution < -0.4 is 20.1 Å². The first kappa shape index (κ1) is 24.1. The number of amides is 2. The maximum Gasteiger partial charge on any atom is 0.264 e. The quantitative estimate of drug-likeness (QED) is 0.477. The molecule has 3 aromatic rings. The molecule has 0 radical (unpaired) electrons. The van der Waals surface area contributed by atoms with Crippen molar-refractivity contribution in [3.63, 3.8) is 0 Å². The van der Waals surface area contributed by atoms with Gasteiger partial charge in [-0.1, -0.05) is 29.8 Å². The molecule has 3 N–H and O–H groups in total. The zero-order chi connectivity index (χ0) is 24.0. The van der Waals surface area contributed by atoms with Gasteiger partial charge in [-0.3, -0.25) is 13.9 Å². The number of sulfonamides is 1. The van der Waals surface area contributed by atoms with Crippen molar-refractivity contribution in [2.45, 2.75) is 11.8 Å². The van der Waals surface area contributed by atoms with Crippen LogP contribution in [0.1, 0.15) is 17.3 Å². The van der Waals surface area contributed by atoms with Gasteiger partial charge in [0.05, 0.1) is 21.2 Å². The minimum Gasteiger partial charge on any atom is -0.484 e. The number of carbonyl (C=O) groups excluding carboxylic acids is 2. The van der Waals surface area contributed by atoms with Gasteiger partial charge in [0.2, 0.25) is 0 Å². The van der Waals surface area contributed by atoms with E-state index < -0.39 is 21.8 Å². The molecule has 10 heteroatoms. The molecule has 8 nitrogen and oxygen atoms in total. The first-order chi connectivity index (χ1) is 15.7. The van der Waals surface area contributed by atoms with Crippen LogP contribution in [0.4, 0.5) is 11.4 Å². The van der Waals surface area contributed by atoms with Crippen LogP contribution in [0.25, 0.3) is 0 Å². The van der Waals surface area contributed by atoms with Crippen LogP contribution >= 0.6 is 11.6 Å². The summed E-state index contributed by atoms with van der Waals surface area (Å²) in [6.45, 7) is 1.67. The van der Waals surface area contributed by atoms with Gasteiger partial charge in [-0.05, 0) is 61.5 Å². The van der Waals surface area contributed by atoms with Crippen LogP contribution in [-0.4, -0.2) is 33.4 Å². The molecule has 0 atom stereocenters. The van der Waals surface area contributed by atoms with Gasteiger partial charge in [0.15, 0.2) is 6.61 Å². The Balaban J connectivity index is 1.83. The van der Waals surface area contributed by atoms with Crippen molar-refractivity contribution in [2.24, 2.45) is 5.73 Å². The molecule has 0 bridgehead atoms. The number of hydrogen-bond acceptors (Lipinski definition) is 5. The topological polar surface area (TPSA) is 119 Å². The highest BCUT2D eigenvalue weighted by molar-refractivity contribution is 7.92. The third-order valence-corrected chi connectivity index (χ3v) is 6.82. The second-order valence-electron chi connectivity index (χ2n) is 6.88. The Bertz CT molecular complexity index is 1250. The number of primary amides is 1. The molecular weight excluding hydrogens is 466 g/mol. The second-order valence-corrected chi connectivity index (χ2v) is 9.15. The van der Waals surface area contributed by atoms with Gasteiger partial charge >= 0.3 is 0 Å². The standard InChI is InChI=1S/C23H22ClN3O5S/c1-2-27(17-6-4-3-5-7-17)33(30,31)19-12-13-21(24)20(14-19)23(29)26-16-8-10-18(11-9-16)32-15-22(25)28/h3-14H,2,15H2,1H3,(H2,25,28)(H,26,29). The van der Waals surface area contributed by atoms with Crippen molar-refractivity contribution in [3.05, 3.63) is 83.4 Å². The van der Waals surface area contributed by atoms with Crippen LogP contribution in [0.3, 0.4) is 0 Å². The van der Waals surface area contributed by atoms with E-state index >= 15 is 0 Å². The van der Waals surface area contributed by atoms with E-state index in [1.54, 1.807) is 61.5 Å². The molecule has 0 unspecified atom stereocenters. The van der Waals surface area contributed by atoms with Gasteiger partial charge in [0, 0.05) is 12.2 Å². The lowest BCUT2D eigenvalue weighted by atomic mass is 10.2. The zero-order valence-electron chi connectivity index (χ0n) is 17.7. The Kier molecular flexibility index (Phi) is 7.57. The first-order valence-electron chi connectivity index (χ1n) is 9.92. The Labute approximate surface area is 197 Å². The third-order valence-electron chi connectivity index (χ3n) is 4.60. The molecule has 0 spiro atoms. The summed E-state index contributed by atoms with van der Waals surface area (Å²) in [7, 11) is -3.93. The van der Waals surface area contributed by atoms with Gasteiger partial charge in [-0.25, -0.2) is 8.42 Å². The van der Waals surface area contributed by atoms with Crippen molar-refractivity contribution >= 4 is 44.8 Å². The number of nitrogens with two attached hydrogens (primary N) is 1. The summed E-state index contributed by atoms with van der Waals surface area (Å²) in [4.78, 5) is 23.6. The fourth-order valence-electron chi connectivity index (χ4n) is 3.04. The molecule has 33 heavy (non-hydrogen) atoms. The predicted molar refractivity (Wildman–Crippen MR) is 127 cm³/mol. The molecule has 172 valence electrons. The normalized spacial score (nSPS) is 11.0. The predicted octanol–water partition coefficient (Wildman–Crippen LogP) is 3.67. The highest BCUT2D eigenvalue weighted by Gasteiger charge is 2.25. The van der Waals surface area contributed by atoms with Crippen molar-refractivity contribution in [1.29, 1.82) is 0 Å². The monoisotopic (exact) mass is 487 g/mol. The van der Waals surface area contributed by atoms with E-state index in [0.29, 0.717) is 17.1 Å². The van der Waals surface area contributed by atoms with E-state index in [1.165, 1.54) is 22.5 Å². The molecule has 0 saturated heterocycles. The van der Waals surface area contributed by atoms with Crippen molar-refractivity contribution in [3.8, 4) is 5.75 Å². The van der Waals surface area contributed by atoms with Gasteiger partial charge in [0.1, 0.15) is 5.75 Å². The molecule has 2 amide bonds. The highest BCUT2D eigenvalue weighted by Crippen LogP contribution is 2.27. The van der Waals surface area contributed by atoms with Gasteiger partial charge in [-0.2, -0.15) is 0 Å². The van der Waals surface area contributed by atoms with Crippen molar-refractivity contribution in [1.82, 2.24) is 0 Å². The summed E-state index contributed by atoms with van der Waals surface area (Å²) in [5.41, 5.74) is 5.99.